The Balaban J connectivity index is 2.72. The zero-order valence-corrected chi connectivity index (χ0v) is 6.93. The molecule has 0 bridgehead atoms. The number of aldehydes is 1. The summed E-state index contributed by atoms with van der Waals surface area (Å²) in [5.74, 6) is 0. The standard InChI is InChI=1S/C8H8O2S/c1-10-8-5-4-7(11-8)3-2-6-9/h2-6H,1H3/b3-2+. The van der Waals surface area contributed by atoms with Crippen LogP contribution in [-0.2, 0) is 4.79 Å². The topological polar surface area (TPSA) is 26.3 Å². The first-order chi connectivity index (χ1) is 5.36. The minimum absolute atomic E-state index is 0.756. The molecule has 0 aliphatic heterocycles. The van der Waals surface area contributed by atoms with Gasteiger partial charge in [0.1, 0.15) is 6.29 Å². The summed E-state index contributed by atoms with van der Waals surface area (Å²) in [4.78, 5) is 11.0. The van der Waals surface area contributed by atoms with Gasteiger partial charge in [0, 0.05) is 4.88 Å². The Morgan fingerprint density at radius 2 is 2.36 bits per heavy atom. The zero-order valence-electron chi connectivity index (χ0n) is 6.11. The summed E-state index contributed by atoms with van der Waals surface area (Å²) in [6, 6.07) is 3.78. The van der Waals surface area contributed by atoms with Crippen LogP contribution in [0.3, 0.4) is 0 Å². The van der Waals surface area contributed by atoms with Gasteiger partial charge in [-0.1, -0.05) is 11.3 Å². The highest BCUT2D eigenvalue weighted by Gasteiger charge is 1.93. The summed E-state index contributed by atoms with van der Waals surface area (Å²) in [5, 5.41) is 0.857. The predicted octanol–water partition coefficient (Wildman–Crippen LogP) is 1.97. The van der Waals surface area contributed by atoms with Gasteiger partial charge >= 0.3 is 0 Å². The number of thiophene rings is 1. The number of hydrogen-bond acceptors (Lipinski definition) is 3. The minimum Gasteiger partial charge on any atom is -0.487 e. The van der Waals surface area contributed by atoms with E-state index in [0.717, 1.165) is 16.2 Å². The zero-order chi connectivity index (χ0) is 8.10. The van der Waals surface area contributed by atoms with E-state index in [2.05, 4.69) is 0 Å². The third kappa shape index (κ3) is 2.20. The van der Waals surface area contributed by atoms with Crippen molar-refractivity contribution in [1.82, 2.24) is 0 Å². The van der Waals surface area contributed by atoms with E-state index in [-0.39, 0.29) is 0 Å². The van der Waals surface area contributed by atoms with E-state index in [1.807, 2.05) is 12.1 Å². The second-order valence-corrected chi connectivity index (χ2v) is 2.93. The first-order valence-electron chi connectivity index (χ1n) is 3.12. The molecule has 0 fully saturated rings. The maximum absolute atomic E-state index is 9.94. The fourth-order valence-corrected chi connectivity index (χ4v) is 1.40. The number of carbonyl (C=O) groups is 1. The molecule has 1 aromatic rings. The Kier molecular flexibility index (Phi) is 2.86. The lowest BCUT2D eigenvalue weighted by molar-refractivity contribution is -0.104. The van der Waals surface area contributed by atoms with E-state index in [1.54, 1.807) is 13.2 Å². The monoisotopic (exact) mass is 168 g/mol. The number of carbonyl (C=O) groups excluding carboxylic acids is 1. The van der Waals surface area contributed by atoms with Crippen molar-refractivity contribution in [2.75, 3.05) is 7.11 Å². The third-order valence-electron chi connectivity index (χ3n) is 1.14. The molecule has 0 aliphatic carbocycles. The molecule has 0 saturated carbocycles. The molecule has 0 spiro atoms. The van der Waals surface area contributed by atoms with Crippen LogP contribution in [0.25, 0.3) is 6.08 Å². The molecule has 0 radical (unpaired) electrons. The van der Waals surface area contributed by atoms with Gasteiger partial charge in [-0.2, -0.15) is 0 Å². The molecule has 0 unspecified atom stereocenters. The fourth-order valence-electron chi connectivity index (χ4n) is 0.668. The third-order valence-corrected chi connectivity index (χ3v) is 2.15. The number of ether oxygens (including phenoxy) is 1. The smallest absolute Gasteiger partial charge is 0.173 e. The van der Waals surface area contributed by atoms with E-state index >= 15 is 0 Å². The SMILES string of the molecule is COc1ccc(/C=C/C=O)s1. The summed E-state index contributed by atoms with van der Waals surface area (Å²) in [6.07, 6.45) is 3.97. The summed E-state index contributed by atoms with van der Waals surface area (Å²) in [6.45, 7) is 0. The van der Waals surface area contributed by atoms with Crippen molar-refractivity contribution in [3.8, 4) is 5.06 Å². The molecule has 2 nitrogen and oxygen atoms in total. The van der Waals surface area contributed by atoms with Gasteiger partial charge in [-0.3, -0.25) is 4.79 Å². The molecule has 1 aromatic heterocycles. The number of rotatable bonds is 3. The van der Waals surface area contributed by atoms with Gasteiger partial charge in [-0.25, -0.2) is 0 Å². The lowest BCUT2D eigenvalue weighted by atomic mass is 10.4. The van der Waals surface area contributed by atoms with Crippen LogP contribution in [0, 0.1) is 0 Å². The fraction of sp³-hybridized carbons (Fsp3) is 0.125. The maximum atomic E-state index is 9.94. The van der Waals surface area contributed by atoms with Gasteiger partial charge in [-0.05, 0) is 24.3 Å². The minimum atomic E-state index is 0.756. The molecule has 1 rings (SSSR count). The highest BCUT2D eigenvalue weighted by molar-refractivity contribution is 7.14. The van der Waals surface area contributed by atoms with Crippen LogP contribution in [0.2, 0.25) is 0 Å². The molecule has 0 aliphatic rings. The quantitative estimate of drug-likeness (QED) is 0.509. The Hall–Kier alpha value is -1.09. The maximum Gasteiger partial charge on any atom is 0.173 e. The number of allylic oxidation sites excluding steroid dienone is 1. The van der Waals surface area contributed by atoms with E-state index < -0.39 is 0 Å². The van der Waals surface area contributed by atoms with Gasteiger partial charge in [0.2, 0.25) is 0 Å². The molecule has 58 valence electrons. The van der Waals surface area contributed by atoms with Crippen molar-refractivity contribution in [3.05, 3.63) is 23.1 Å². The summed E-state index contributed by atoms with van der Waals surface area (Å²) in [7, 11) is 1.62. The number of methoxy groups -OCH3 is 1. The van der Waals surface area contributed by atoms with Crippen molar-refractivity contribution in [3.63, 3.8) is 0 Å². The van der Waals surface area contributed by atoms with E-state index in [0.29, 0.717) is 0 Å². The Morgan fingerprint density at radius 3 is 2.91 bits per heavy atom. The first kappa shape index (κ1) is 8.01. The van der Waals surface area contributed by atoms with Crippen LogP contribution in [0.5, 0.6) is 5.06 Å². The predicted molar refractivity (Wildman–Crippen MR) is 46.0 cm³/mol. The average molecular weight is 168 g/mol. The average Bonchev–Trinajstić information content (AvgIpc) is 2.48. The Labute approximate surface area is 69.1 Å². The number of hydrogen-bond donors (Lipinski definition) is 0. The van der Waals surface area contributed by atoms with Gasteiger partial charge < -0.3 is 4.74 Å². The normalized spacial score (nSPS) is 10.3. The van der Waals surface area contributed by atoms with Crippen LogP contribution >= 0.6 is 11.3 Å². The summed E-state index contributed by atoms with van der Waals surface area (Å²) < 4.78 is 4.97. The van der Waals surface area contributed by atoms with Gasteiger partial charge in [0.15, 0.2) is 5.06 Å². The Morgan fingerprint density at radius 1 is 1.55 bits per heavy atom. The Bertz CT molecular complexity index is 263. The van der Waals surface area contributed by atoms with Crippen molar-refractivity contribution in [2.24, 2.45) is 0 Å². The summed E-state index contributed by atoms with van der Waals surface area (Å²) in [5.41, 5.74) is 0. The van der Waals surface area contributed by atoms with Gasteiger partial charge in [0.05, 0.1) is 7.11 Å². The van der Waals surface area contributed by atoms with Crippen LogP contribution < -0.4 is 4.74 Å². The summed E-state index contributed by atoms with van der Waals surface area (Å²) >= 11 is 1.50. The van der Waals surface area contributed by atoms with Crippen LogP contribution in [-0.4, -0.2) is 13.4 Å². The molecule has 0 aromatic carbocycles. The van der Waals surface area contributed by atoms with E-state index in [9.17, 15) is 4.79 Å². The molecule has 0 amide bonds. The van der Waals surface area contributed by atoms with Crippen LogP contribution in [0.15, 0.2) is 18.2 Å². The lowest BCUT2D eigenvalue weighted by Crippen LogP contribution is -1.73. The molecule has 0 atom stereocenters. The highest BCUT2D eigenvalue weighted by atomic mass is 32.1. The van der Waals surface area contributed by atoms with Crippen LogP contribution in [0.4, 0.5) is 0 Å². The van der Waals surface area contributed by atoms with Gasteiger partial charge in [-0.15, -0.1) is 0 Å². The van der Waals surface area contributed by atoms with Crippen molar-refractivity contribution >= 4 is 23.7 Å². The first-order valence-corrected chi connectivity index (χ1v) is 3.94. The molecular weight excluding hydrogens is 160 g/mol. The molecular formula is C8H8O2S. The van der Waals surface area contributed by atoms with Crippen molar-refractivity contribution in [2.45, 2.75) is 0 Å². The molecule has 3 heteroatoms. The molecule has 1 heterocycles. The van der Waals surface area contributed by atoms with E-state index in [4.69, 9.17) is 4.74 Å². The second-order valence-electron chi connectivity index (χ2n) is 1.86. The van der Waals surface area contributed by atoms with Crippen molar-refractivity contribution < 1.29 is 9.53 Å². The highest BCUT2D eigenvalue weighted by Crippen LogP contribution is 2.24. The van der Waals surface area contributed by atoms with Gasteiger partial charge in [0.25, 0.3) is 0 Å². The van der Waals surface area contributed by atoms with Crippen LogP contribution in [0.1, 0.15) is 4.88 Å². The van der Waals surface area contributed by atoms with Crippen molar-refractivity contribution in [1.29, 1.82) is 0 Å². The second kappa shape index (κ2) is 3.93. The van der Waals surface area contributed by atoms with E-state index in [1.165, 1.54) is 17.4 Å². The lowest BCUT2D eigenvalue weighted by Gasteiger charge is -1.87. The largest absolute Gasteiger partial charge is 0.487 e. The molecule has 0 saturated heterocycles. The molecule has 0 N–H and O–H groups in total. The molecule has 11 heavy (non-hydrogen) atoms.